The summed E-state index contributed by atoms with van der Waals surface area (Å²) in [7, 11) is 2.78. The molecule has 1 amide bonds. The van der Waals surface area contributed by atoms with E-state index >= 15 is 0 Å². The molecule has 2 aromatic rings. The van der Waals surface area contributed by atoms with E-state index in [1.54, 1.807) is 24.3 Å². The second-order valence-electron chi connectivity index (χ2n) is 7.85. The minimum atomic E-state index is -1.65. The Morgan fingerprint density at radius 2 is 1.64 bits per heavy atom. The number of carboxylic acids is 1. The fraction of sp³-hybridized carbons (Fsp3) is 0.417. The first-order valence-corrected chi connectivity index (χ1v) is 13.7. The van der Waals surface area contributed by atoms with Crippen molar-refractivity contribution in [1.82, 2.24) is 5.32 Å². The number of aliphatic hydroxyl groups is 3. The van der Waals surface area contributed by atoms with E-state index in [2.05, 4.69) is 5.32 Å². The molecule has 0 radical (unpaired) electrons. The molecule has 1 fully saturated rings. The second-order valence-corrected chi connectivity index (χ2v) is 10.6. The van der Waals surface area contributed by atoms with Crippen LogP contribution in [0.1, 0.15) is 12.0 Å². The predicted octanol–water partition coefficient (Wildman–Crippen LogP) is 1.78. The Hall–Kier alpha value is -2.32. The molecule has 0 saturated carbocycles. The average Bonchev–Trinajstić information content (AvgIpc) is 2.87. The van der Waals surface area contributed by atoms with Gasteiger partial charge in [0.05, 0.1) is 13.0 Å². The van der Waals surface area contributed by atoms with Crippen LogP contribution >= 0.6 is 21.6 Å². The van der Waals surface area contributed by atoms with E-state index in [4.69, 9.17) is 19.3 Å². The summed E-state index contributed by atoms with van der Waals surface area (Å²) in [6.07, 6.45) is -7.58. The monoisotopic (exact) mass is 539 g/mol. The lowest BCUT2D eigenvalue weighted by atomic mass is 9.98. The Kier molecular flexibility index (Phi) is 11.3. The largest absolute Gasteiger partial charge is 0.481 e. The van der Waals surface area contributed by atoms with Gasteiger partial charge in [0.25, 0.3) is 5.91 Å². The normalized spacial score (nSPS) is 23.7. The number of carbonyl (C=O) groups excluding carboxylic acids is 1. The maximum absolute atomic E-state index is 12.5. The Morgan fingerprint density at radius 1 is 0.917 bits per heavy atom. The summed E-state index contributed by atoms with van der Waals surface area (Å²) in [5, 5.41) is 42.0. The smallest absolute Gasteiger partial charge is 0.304 e. The van der Waals surface area contributed by atoms with Crippen molar-refractivity contribution in [2.75, 3.05) is 18.1 Å². The van der Waals surface area contributed by atoms with Crippen LogP contribution in [0.25, 0.3) is 0 Å². The second kappa shape index (κ2) is 14.4. The highest BCUT2D eigenvalue weighted by Gasteiger charge is 2.47. The van der Waals surface area contributed by atoms with Crippen molar-refractivity contribution in [1.29, 1.82) is 0 Å². The molecule has 5 atom stereocenters. The summed E-state index contributed by atoms with van der Waals surface area (Å²) in [6, 6.07) is 16.4. The lowest BCUT2D eigenvalue weighted by molar-refractivity contribution is -0.293. The molecule has 36 heavy (non-hydrogen) atoms. The Morgan fingerprint density at radius 3 is 2.39 bits per heavy atom. The third-order valence-corrected chi connectivity index (χ3v) is 7.50. The van der Waals surface area contributed by atoms with Gasteiger partial charge < -0.3 is 40.0 Å². The predicted molar refractivity (Wildman–Crippen MR) is 135 cm³/mol. The number of carboxylic acid groups (broad SMARTS) is 1. The molecule has 196 valence electrons. The number of carbonyl (C=O) groups is 2. The lowest BCUT2D eigenvalue weighted by Crippen LogP contribution is -2.62. The van der Waals surface area contributed by atoms with Gasteiger partial charge >= 0.3 is 5.97 Å². The molecule has 0 aromatic heterocycles. The van der Waals surface area contributed by atoms with Crippen molar-refractivity contribution < 1.29 is 44.2 Å². The lowest BCUT2D eigenvalue weighted by Gasteiger charge is -2.39. The van der Waals surface area contributed by atoms with Crippen molar-refractivity contribution in [2.45, 2.75) is 43.7 Å². The zero-order valence-electron chi connectivity index (χ0n) is 19.3. The summed E-state index contributed by atoms with van der Waals surface area (Å²) >= 11 is 0. The molecule has 2 aromatic carbocycles. The van der Waals surface area contributed by atoms with Gasteiger partial charge in [-0.2, -0.15) is 0 Å². The van der Waals surface area contributed by atoms with Gasteiger partial charge in [-0.3, -0.25) is 9.59 Å². The Bertz CT molecular complexity index is 981. The molecule has 1 saturated heterocycles. The van der Waals surface area contributed by atoms with E-state index in [1.165, 1.54) is 21.6 Å². The quantitative estimate of drug-likeness (QED) is 0.187. The first kappa shape index (κ1) is 28.3. The van der Waals surface area contributed by atoms with Gasteiger partial charge in [-0.15, -0.1) is 0 Å². The molecule has 0 bridgehead atoms. The Balaban J connectivity index is 1.49. The summed E-state index contributed by atoms with van der Waals surface area (Å²) in [5.41, 5.74) is 0.707. The highest BCUT2D eigenvalue weighted by molar-refractivity contribution is 8.76. The van der Waals surface area contributed by atoms with E-state index in [0.717, 1.165) is 0 Å². The van der Waals surface area contributed by atoms with E-state index in [9.17, 15) is 24.9 Å². The van der Waals surface area contributed by atoms with Crippen molar-refractivity contribution in [3.8, 4) is 11.5 Å². The van der Waals surface area contributed by atoms with Gasteiger partial charge in [-0.05, 0) is 29.8 Å². The maximum atomic E-state index is 12.5. The fourth-order valence-corrected chi connectivity index (χ4v) is 5.15. The highest BCUT2D eigenvalue weighted by Crippen LogP contribution is 2.26. The molecular weight excluding hydrogens is 510 g/mol. The number of para-hydroxylation sites is 1. The van der Waals surface area contributed by atoms with Crippen LogP contribution in [0.5, 0.6) is 11.5 Å². The van der Waals surface area contributed by atoms with Crippen LogP contribution in [0.4, 0.5) is 0 Å². The molecule has 1 aliphatic rings. The summed E-state index contributed by atoms with van der Waals surface area (Å²) in [5.74, 6) is 0.680. The number of rotatable bonds is 13. The number of aliphatic hydroxyl groups excluding tert-OH is 3. The minimum Gasteiger partial charge on any atom is -0.481 e. The molecule has 0 aliphatic carbocycles. The van der Waals surface area contributed by atoms with Crippen molar-refractivity contribution >= 4 is 33.5 Å². The molecule has 0 spiro atoms. The van der Waals surface area contributed by atoms with Gasteiger partial charge in [-0.25, -0.2) is 0 Å². The van der Waals surface area contributed by atoms with Gasteiger partial charge in [0, 0.05) is 18.1 Å². The fourth-order valence-electron chi connectivity index (χ4n) is 3.27. The Labute approximate surface area is 216 Å². The van der Waals surface area contributed by atoms with Crippen LogP contribution in [0, 0.1) is 0 Å². The third kappa shape index (κ3) is 8.66. The number of ether oxygens (including phenoxy) is 3. The first-order chi connectivity index (χ1) is 17.3. The molecule has 5 N–H and O–H groups in total. The third-order valence-electron chi connectivity index (χ3n) is 5.09. The topological polar surface area (TPSA) is 155 Å². The van der Waals surface area contributed by atoms with E-state index < -0.39 is 42.6 Å². The number of benzene rings is 2. The van der Waals surface area contributed by atoms with Crippen LogP contribution < -0.4 is 10.1 Å². The van der Waals surface area contributed by atoms with Crippen LogP contribution in [0.3, 0.4) is 0 Å². The van der Waals surface area contributed by atoms with Gasteiger partial charge in [-0.1, -0.05) is 51.9 Å². The summed E-state index contributed by atoms with van der Waals surface area (Å²) in [4.78, 5) is 23.0. The van der Waals surface area contributed by atoms with Gasteiger partial charge in [0.15, 0.2) is 12.4 Å². The van der Waals surface area contributed by atoms with Crippen molar-refractivity contribution in [2.24, 2.45) is 0 Å². The molecule has 12 heteroatoms. The van der Waals surface area contributed by atoms with Gasteiger partial charge in [0.2, 0.25) is 0 Å². The average molecular weight is 540 g/mol. The SMILES string of the molecule is O=C(O)CCSSCCNC(=O)[C@H]1O[C@@H](OCc2cccc(Oc3ccccc3)c2)[C@H](O)[C@@H](O)[C@@H]1O. The number of hydrogen-bond donors (Lipinski definition) is 5. The van der Waals surface area contributed by atoms with Crippen molar-refractivity contribution in [3.05, 3.63) is 60.2 Å². The summed E-state index contributed by atoms with van der Waals surface area (Å²) in [6.45, 7) is 0.240. The maximum Gasteiger partial charge on any atom is 0.304 e. The number of amides is 1. The van der Waals surface area contributed by atoms with Crippen LogP contribution in [0.2, 0.25) is 0 Å². The molecule has 0 unspecified atom stereocenters. The molecule has 1 aliphatic heterocycles. The number of aliphatic carboxylic acids is 1. The van der Waals surface area contributed by atoms with Crippen LogP contribution in [-0.4, -0.2) is 81.1 Å². The first-order valence-electron chi connectivity index (χ1n) is 11.2. The van der Waals surface area contributed by atoms with E-state index in [0.29, 0.717) is 28.6 Å². The molecular formula is C24H29NO9S2. The van der Waals surface area contributed by atoms with Crippen LogP contribution in [-0.2, 0) is 25.7 Å². The number of nitrogens with one attached hydrogen (secondary N) is 1. The molecule has 1 heterocycles. The van der Waals surface area contributed by atoms with Crippen molar-refractivity contribution in [3.63, 3.8) is 0 Å². The highest BCUT2D eigenvalue weighted by atomic mass is 33.1. The zero-order valence-corrected chi connectivity index (χ0v) is 20.9. The zero-order chi connectivity index (χ0) is 25.9. The van der Waals surface area contributed by atoms with E-state index in [-0.39, 0.29) is 19.6 Å². The van der Waals surface area contributed by atoms with Crippen LogP contribution in [0.15, 0.2) is 54.6 Å². The van der Waals surface area contributed by atoms with Gasteiger partial charge in [0.1, 0.15) is 29.8 Å². The molecule has 10 nitrogen and oxygen atoms in total. The molecule has 3 rings (SSSR count). The minimum absolute atomic E-state index is 0.00488. The standard InChI is InChI=1S/C24H29NO9S2/c26-18(27)9-11-35-36-12-10-25-23(31)22-20(29)19(28)21(30)24(34-22)32-14-15-5-4-8-17(13-15)33-16-6-2-1-3-7-16/h1-8,13,19-22,24,28-30H,9-12,14H2,(H,25,31)(H,26,27)/t19-,20-,21+,22-,24+/m0/s1. The summed E-state index contributed by atoms with van der Waals surface area (Å²) < 4.78 is 16.9. The van der Waals surface area contributed by atoms with E-state index in [1.807, 2.05) is 30.3 Å². The number of hydrogen-bond acceptors (Lipinski definition) is 10.